The molecule has 5 rings (SSSR count). The topological polar surface area (TPSA) is 107 Å². The lowest BCUT2D eigenvalue weighted by Gasteiger charge is -2.18. The second kappa shape index (κ2) is 7.97. The molecular weight excluding hydrogens is 438 g/mol. The molecule has 1 amide bonds. The number of amides is 1. The molecule has 0 spiro atoms. The zero-order valence-electron chi connectivity index (χ0n) is 16.4. The SMILES string of the molecule is O=C(NCCCn1c(=O)cc2n(c1=O)CCCS2=O)C1=Cc2cnc3cccc(n23)S1. The highest BCUT2D eigenvalue weighted by Gasteiger charge is 2.21. The Morgan fingerprint density at radius 2 is 2.16 bits per heavy atom. The van der Waals surface area contributed by atoms with Crippen LogP contribution in [0.5, 0.6) is 0 Å². The zero-order valence-corrected chi connectivity index (χ0v) is 18.1. The molecule has 0 saturated carbocycles. The lowest BCUT2D eigenvalue weighted by Crippen LogP contribution is -2.43. The highest BCUT2D eigenvalue weighted by Crippen LogP contribution is 2.34. The standard InChI is InChI=1S/C20H19N5O4S2/c26-16-11-18-24(8-3-9-31(18)29)20(28)23(16)7-2-6-21-19(27)14-10-13-12-22-15-4-1-5-17(30-14)25(13)15/h1,4-5,10-12H,2-3,6-9H2,(H,21,27). The van der Waals surface area contributed by atoms with Gasteiger partial charge in [0.2, 0.25) is 0 Å². The van der Waals surface area contributed by atoms with Crippen LogP contribution in [0.1, 0.15) is 18.5 Å². The number of carbonyl (C=O) groups is 1. The third-order valence-electron chi connectivity index (χ3n) is 5.27. The molecule has 3 aromatic rings. The van der Waals surface area contributed by atoms with E-state index in [0.29, 0.717) is 41.6 Å². The summed E-state index contributed by atoms with van der Waals surface area (Å²) in [7, 11) is -1.31. The smallest absolute Gasteiger partial charge is 0.331 e. The van der Waals surface area contributed by atoms with Gasteiger partial charge in [0.1, 0.15) is 10.7 Å². The Kier molecular flexibility index (Phi) is 5.14. The van der Waals surface area contributed by atoms with Crippen LogP contribution in [0.3, 0.4) is 0 Å². The third-order valence-corrected chi connectivity index (χ3v) is 7.78. The van der Waals surface area contributed by atoms with Crippen molar-refractivity contribution in [3.05, 3.63) is 61.9 Å². The van der Waals surface area contributed by atoms with Gasteiger partial charge >= 0.3 is 5.69 Å². The molecular formula is C20H19N5O4S2. The predicted molar refractivity (Wildman–Crippen MR) is 118 cm³/mol. The molecule has 3 aromatic heterocycles. The van der Waals surface area contributed by atoms with E-state index in [1.54, 1.807) is 12.3 Å². The Balaban J connectivity index is 1.24. The van der Waals surface area contributed by atoms with E-state index in [4.69, 9.17) is 0 Å². The Bertz CT molecular complexity index is 1380. The van der Waals surface area contributed by atoms with Crippen LogP contribution in [0.25, 0.3) is 11.7 Å². The summed E-state index contributed by atoms with van der Waals surface area (Å²) in [6, 6.07) is 7.05. The van der Waals surface area contributed by atoms with Crippen LogP contribution in [-0.4, -0.2) is 40.9 Å². The van der Waals surface area contributed by atoms with E-state index in [9.17, 15) is 18.6 Å². The number of carbonyl (C=O) groups excluding carboxylic acids is 1. The first kappa shape index (κ1) is 20.0. The van der Waals surface area contributed by atoms with Crippen molar-refractivity contribution >= 4 is 40.2 Å². The van der Waals surface area contributed by atoms with E-state index in [1.165, 1.54) is 22.4 Å². The number of aromatic nitrogens is 4. The lowest BCUT2D eigenvalue weighted by molar-refractivity contribution is -0.116. The first-order chi connectivity index (χ1) is 15.0. The molecule has 9 nitrogen and oxygen atoms in total. The number of thioether (sulfide) groups is 1. The minimum atomic E-state index is -1.31. The van der Waals surface area contributed by atoms with Crippen LogP contribution in [0.2, 0.25) is 0 Å². The van der Waals surface area contributed by atoms with Gasteiger partial charge < -0.3 is 5.32 Å². The summed E-state index contributed by atoms with van der Waals surface area (Å²) >= 11 is 1.37. The van der Waals surface area contributed by atoms with Gasteiger partial charge in [-0.3, -0.25) is 27.3 Å². The molecule has 0 fully saturated rings. The molecule has 0 saturated heterocycles. The molecule has 0 aromatic carbocycles. The average Bonchev–Trinajstić information content (AvgIpc) is 3.18. The van der Waals surface area contributed by atoms with Crippen LogP contribution in [0, 0.1) is 0 Å². The second-order valence-electron chi connectivity index (χ2n) is 7.27. The Morgan fingerprint density at radius 3 is 3.03 bits per heavy atom. The van der Waals surface area contributed by atoms with Gasteiger partial charge in [0, 0.05) is 31.5 Å². The van der Waals surface area contributed by atoms with Crippen LogP contribution in [0.15, 0.2) is 55.0 Å². The number of rotatable bonds is 5. The molecule has 1 atom stereocenters. The minimum absolute atomic E-state index is 0.184. The first-order valence-electron chi connectivity index (χ1n) is 9.90. The molecule has 11 heteroatoms. The van der Waals surface area contributed by atoms with Gasteiger partial charge in [-0.1, -0.05) is 17.8 Å². The molecule has 1 unspecified atom stereocenters. The highest BCUT2D eigenvalue weighted by atomic mass is 32.2. The first-order valence-corrected chi connectivity index (χ1v) is 12.0. The number of fused-ring (bicyclic) bond motifs is 1. The molecule has 2 aliphatic rings. The van der Waals surface area contributed by atoms with Crippen molar-refractivity contribution in [3.63, 3.8) is 0 Å². The average molecular weight is 458 g/mol. The van der Waals surface area contributed by atoms with Crippen molar-refractivity contribution in [2.75, 3.05) is 12.3 Å². The summed E-state index contributed by atoms with van der Waals surface area (Å²) in [5.41, 5.74) is 0.792. The fourth-order valence-corrected chi connectivity index (χ4v) is 6.03. The number of imidazole rings is 1. The fraction of sp³-hybridized carbons (Fsp3) is 0.300. The molecule has 5 heterocycles. The van der Waals surface area contributed by atoms with Gasteiger partial charge in [-0.05, 0) is 31.1 Å². The van der Waals surface area contributed by atoms with Gasteiger partial charge in [-0.25, -0.2) is 9.78 Å². The van der Waals surface area contributed by atoms with Crippen molar-refractivity contribution in [2.45, 2.75) is 36.0 Å². The maximum absolute atomic E-state index is 12.6. The van der Waals surface area contributed by atoms with E-state index < -0.39 is 22.0 Å². The zero-order chi connectivity index (χ0) is 21.5. The van der Waals surface area contributed by atoms with E-state index in [-0.39, 0.29) is 12.5 Å². The maximum Gasteiger partial charge on any atom is 0.331 e. The monoisotopic (exact) mass is 457 g/mol. The molecule has 31 heavy (non-hydrogen) atoms. The molecule has 0 aliphatic carbocycles. The lowest BCUT2D eigenvalue weighted by atomic mass is 10.3. The van der Waals surface area contributed by atoms with Gasteiger partial charge in [0.05, 0.1) is 32.6 Å². The normalized spacial score (nSPS) is 17.3. The van der Waals surface area contributed by atoms with Gasteiger partial charge in [-0.15, -0.1) is 0 Å². The summed E-state index contributed by atoms with van der Waals surface area (Å²) in [4.78, 5) is 42.5. The summed E-state index contributed by atoms with van der Waals surface area (Å²) in [6.07, 6.45) is 4.60. The van der Waals surface area contributed by atoms with Gasteiger partial charge in [0.15, 0.2) is 0 Å². The summed E-state index contributed by atoms with van der Waals surface area (Å²) in [6.45, 7) is 0.967. The van der Waals surface area contributed by atoms with Crippen molar-refractivity contribution in [3.8, 4) is 0 Å². The molecule has 2 aliphatic heterocycles. The van der Waals surface area contributed by atoms with E-state index in [2.05, 4.69) is 10.3 Å². The predicted octanol–water partition coefficient (Wildman–Crippen LogP) is 0.822. The highest BCUT2D eigenvalue weighted by molar-refractivity contribution is 8.04. The third kappa shape index (κ3) is 3.57. The van der Waals surface area contributed by atoms with Crippen LogP contribution >= 0.6 is 11.8 Å². The minimum Gasteiger partial charge on any atom is -0.352 e. The largest absolute Gasteiger partial charge is 0.352 e. The molecule has 0 radical (unpaired) electrons. The van der Waals surface area contributed by atoms with E-state index >= 15 is 0 Å². The van der Waals surface area contributed by atoms with Crippen molar-refractivity contribution < 1.29 is 9.00 Å². The van der Waals surface area contributed by atoms with Crippen molar-refractivity contribution in [1.82, 2.24) is 23.8 Å². The maximum atomic E-state index is 12.6. The van der Waals surface area contributed by atoms with Gasteiger partial charge in [0.25, 0.3) is 11.5 Å². The van der Waals surface area contributed by atoms with E-state index in [1.807, 2.05) is 22.6 Å². The number of nitrogens with zero attached hydrogens (tertiary/aromatic N) is 4. The van der Waals surface area contributed by atoms with Crippen molar-refractivity contribution in [2.24, 2.45) is 0 Å². The molecule has 0 bridgehead atoms. The van der Waals surface area contributed by atoms with Crippen LogP contribution < -0.4 is 16.6 Å². The fourth-order valence-electron chi connectivity index (χ4n) is 3.78. The van der Waals surface area contributed by atoms with Crippen LogP contribution in [-0.2, 0) is 28.7 Å². The Labute approximate surface area is 183 Å². The molecule has 1 N–H and O–H groups in total. The second-order valence-corrected chi connectivity index (χ2v) is 9.85. The van der Waals surface area contributed by atoms with Crippen LogP contribution in [0.4, 0.5) is 0 Å². The number of nitrogens with one attached hydrogen (secondary N) is 1. The molecule has 160 valence electrons. The number of pyridine rings is 1. The summed E-state index contributed by atoms with van der Waals surface area (Å²) in [5.74, 6) is 0.261. The number of hydrogen-bond acceptors (Lipinski definition) is 6. The Morgan fingerprint density at radius 1 is 1.29 bits per heavy atom. The number of hydrogen-bond donors (Lipinski definition) is 1. The van der Waals surface area contributed by atoms with Crippen molar-refractivity contribution in [1.29, 1.82) is 0 Å². The quantitative estimate of drug-likeness (QED) is 0.449. The Hall–Kier alpha value is -2.92. The van der Waals surface area contributed by atoms with Gasteiger partial charge in [-0.2, -0.15) is 0 Å². The van der Waals surface area contributed by atoms with E-state index in [0.717, 1.165) is 20.9 Å². The summed E-state index contributed by atoms with van der Waals surface area (Å²) in [5, 5.41) is 4.08. The summed E-state index contributed by atoms with van der Waals surface area (Å²) < 4.78 is 16.6.